The zero-order valence-corrected chi connectivity index (χ0v) is 29.2. The number of carbonyl (C=O) groups excluding carboxylic acids is 2. The molecule has 51 heavy (non-hydrogen) atoms. The van der Waals surface area contributed by atoms with Gasteiger partial charge in [-0.1, -0.05) is 54.6 Å². The van der Waals surface area contributed by atoms with Gasteiger partial charge in [-0.25, -0.2) is 18.3 Å². The summed E-state index contributed by atoms with van der Waals surface area (Å²) >= 11 is 1.49. The number of hydrogen-bond donors (Lipinski definition) is 1. The van der Waals surface area contributed by atoms with Crippen molar-refractivity contribution in [3.8, 4) is 11.1 Å². The van der Waals surface area contributed by atoms with E-state index < -0.39 is 54.6 Å². The number of rotatable bonds is 10. The summed E-state index contributed by atoms with van der Waals surface area (Å²) in [7, 11) is 1.70. The summed E-state index contributed by atoms with van der Waals surface area (Å²) in [5.74, 6) is -3.29. The second-order valence-corrected chi connectivity index (χ2v) is 14.3. The van der Waals surface area contributed by atoms with Crippen LogP contribution in [-0.4, -0.2) is 50.8 Å². The first-order valence-corrected chi connectivity index (χ1v) is 18.0. The fourth-order valence-electron chi connectivity index (χ4n) is 6.74. The summed E-state index contributed by atoms with van der Waals surface area (Å²) in [5.41, 5.74) is 3.80. The summed E-state index contributed by atoms with van der Waals surface area (Å²) in [4.78, 5) is 42.8. The Hall–Kier alpha value is -4.88. The maximum Gasteiger partial charge on any atom is 0.410 e. The standard InChI is InChI=1S/C38H39F2N5O5S/c1-24(32-16-27(23-51-32)29-13-7-6-12-26(29)20-43(2)37(48)50-22-25-10-4-3-5-11-25)42-35(46)31-21-44(28-17-38(39,40)18-28)36(47)30-19-41-45(34(30)31)33-14-8-9-15-49-33/h3-7,10-13,16,19,21,23-24,28,33H,8-9,14-15,17-18,20,22H2,1-2H3,(H,42,46). The fraction of sp³-hybridized carbons (Fsp3) is 0.368. The molecular weight excluding hydrogens is 677 g/mol. The molecule has 0 radical (unpaired) electrons. The highest BCUT2D eigenvalue weighted by Gasteiger charge is 2.47. The number of alkyl halides is 2. The van der Waals surface area contributed by atoms with Crippen LogP contribution in [0.15, 0.2) is 83.2 Å². The van der Waals surface area contributed by atoms with E-state index >= 15 is 0 Å². The Balaban J connectivity index is 1.10. The number of pyridine rings is 1. The number of benzene rings is 2. The van der Waals surface area contributed by atoms with Gasteiger partial charge >= 0.3 is 6.09 Å². The van der Waals surface area contributed by atoms with Gasteiger partial charge in [0, 0.05) is 50.2 Å². The predicted molar refractivity (Wildman–Crippen MR) is 190 cm³/mol. The van der Waals surface area contributed by atoms with Crippen LogP contribution < -0.4 is 10.9 Å². The van der Waals surface area contributed by atoms with Crippen molar-refractivity contribution in [3.05, 3.63) is 110 Å². The Bertz CT molecular complexity index is 2100. The minimum atomic E-state index is -2.84. The first-order chi connectivity index (χ1) is 24.6. The molecule has 4 heterocycles. The summed E-state index contributed by atoms with van der Waals surface area (Å²) in [5, 5.41) is 9.73. The minimum absolute atomic E-state index is 0.183. The van der Waals surface area contributed by atoms with E-state index in [9.17, 15) is 23.2 Å². The molecule has 10 nitrogen and oxygen atoms in total. The van der Waals surface area contributed by atoms with Crippen molar-refractivity contribution >= 4 is 34.2 Å². The molecular formula is C38H39F2N5O5S. The van der Waals surface area contributed by atoms with E-state index in [0.29, 0.717) is 25.1 Å². The molecule has 1 saturated carbocycles. The van der Waals surface area contributed by atoms with Gasteiger partial charge in [0.05, 0.1) is 28.7 Å². The average Bonchev–Trinajstić information content (AvgIpc) is 3.80. The van der Waals surface area contributed by atoms with Crippen molar-refractivity contribution in [1.82, 2.24) is 24.6 Å². The Labute approximate surface area is 297 Å². The number of halogens is 2. The maximum atomic E-state index is 14.1. The lowest BCUT2D eigenvalue weighted by Crippen LogP contribution is -2.41. The molecule has 1 N–H and O–H groups in total. The second-order valence-electron chi connectivity index (χ2n) is 13.3. The van der Waals surface area contributed by atoms with Crippen LogP contribution in [-0.2, 0) is 22.6 Å². The molecule has 5 aromatic rings. The average molecular weight is 716 g/mol. The van der Waals surface area contributed by atoms with Crippen molar-refractivity contribution < 1.29 is 27.8 Å². The third-order valence-electron chi connectivity index (χ3n) is 9.57. The molecule has 2 aromatic carbocycles. The van der Waals surface area contributed by atoms with Crippen LogP contribution in [0.5, 0.6) is 0 Å². The summed E-state index contributed by atoms with van der Waals surface area (Å²) in [6.45, 7) is 2.93. The minimum Gasteiger partial charge on any atom is -0.445 e. The number of thiophene rings is 1. The second kappa shape index (κ2) is 14.4. The number of amides is 2. The lowest BCUT2D eigenvalue weighted by Gasteiger charge is -2.36. The molecule has 1 aliphatic carbocycles. The van der Waals surface area contributed by atoms with E-state index in [1.807, 2.05) is 73.0 Å². The van der Waals surface area contributed by atoms with E-state index in [1.165, 1.54) is 33.2 Å². The highest BCUT2D eigenvalue weighted by molar-refractivity contribution is 7.10. The molecule has 3 aromatic heterocycles. The predicted octanol–water partition coefficient (Wildman–Crippen LogP) is 7.86. The third kappa shape index (κ3) is 7.31. The van der Waals surface area contributed by atoms with Crippen molar-refractivity contribution in [2.45, 2.75) is 76.4 Å². The van der Waals surface area contributed by atoms with Crippen molar-refractivity contribution in [2.75, 3.05) is 13.7 Å². The summed E-state index contributed by atoms with van der Waals surface area (Å²) in [6, 6.07) is 18.2. The van der Waals surface area contributed by atoms with Crippen LogP contribution in [0.2, 0.25) is 0 Å². The van der Waals surface area contributed by atoms with Crippen LogP contribution in [0.4, 0.5) is 13.6 Å². The summed E-state index contributed by atoms with van der Waals surface area (Å²) in [6.07, 6.45) is 3.53. The number of ether oxygens (including phenoxy) is 2. The topological polar surface area (TPSA) is 108 Å². The van der Waals surface area contributed by atoms with E-state index in [0.717, 1.165) is 40.0 Å². The first kappa shape index (κ1) is 34.6. The van der Waals surface area contributed by atoms with Gasteiger partial charge in [0.1, 0.15) is 6.61 Å². The highest BCUT2D eigenvalue weighted by atomic mass is 32.1. The number of carbonyl (C=O) groups is 2. The molecule has 2 amide bonds. The van der Waals surface area contributed by atoms with Gasteiger partial charge in [0.15, 0.2) is 6.23 Å². The molecule has 2 fully saturated rings. The molecule has 13 heteroatoms. The SMILES string of the molecule is CC(NC(=O)c1cn(C2CC(F)(F)C2)c(=O)c2cnn(C3CCCCO3)c12)c1cc(-c2ccccc2CN(C)C(=O)OCc2ccccc2)cs1. The normalized spacial score (nSPS) is 17.8. The molecule has 2 unspecified atom stereocenters. The van der Waals surface area contributed by atoms with Gasteiger partial charge in [-0.2, -0.15) is 5.10 Å². The number of nitrogens with one attached hydrogen (secondary N) is 1. The van der Waals surface area contributed by atoms with Crippen LogP contribution in [0.1, 0.15) is 83.7 Å². The Kier molecular flexibility index (Phi) is 9.75. The van der Waals surface area contributed by atoms with Crippen LogP contribution in [0.3, 0.4) is 0 Å². The molecule has 1 aliphatic heterocycles. The number of hydrogen-bond acceptors (Lipinski definition) is 7. The van der Waals surface area contributed by atoms with Gasteiger partial charge in [-0.05, 0) is 59.9 Å². The Morgan fingerprint density at radius 3 is 2.65 bits per heavy atom. The van der Waals surface area contributed by atoms with Crippen LogP contribution >= 0.6 is 11.3 Å². The van der Waals surface area contributed by atoms with Crippen molar-refractivity contribution in [3.63, 3.8) is 0 Å². The zero-order valence-electron chi connectivity index (χ0n) is 28.4. The van der Waals surface area contributed by atoms with E-state index in [-0.39, 0.29) is 17.6 Å². The largest absolute Gasteiger partial charge is 0.445 e. The third-order valence-corrected chi connectivity index (χ3v) is 10.7. The molecule has 2 aliphatic rings. The lowest BCUT2D eigenvalue weighted by atomic mass is 9.87. The number of aromatic nitrogens is 3. The van der Waals surface area contributed by atoms with Gasteiger partial charge in [0.2, 0.25) is 0 Å². The molecule has 1 saturated heterocycles. The molecule has 7 rings (SSSR count). The Morgan fingerprint density at radius 1 is 1.14 bits per heavy atom. The lowest BCUT2D eigenvalue weighted by molar-refractivity contribution is -0.104. The monoisotopic (exact) mass is 715 g/mol. The number of nitrogens with zero attached hydrogens (tertiary/aromatic N) is 4. The smallest absolute Gasteiger partial charge is 0.410 e. The van der Waals surface area contributed by atoms with Gasteiger partial charge in [-0.15, -0.1) is 11.3 Å². The van der Waals surface area contributed by atoms with Gasteiger partial charge in [-0.3, -0.25) is 9.59 Å². The molecule has 2 atom stereocenters. The van der Waals surface area contributed by atoms with Crippen molar-refractivity contribution in [2.24, 2.45) is 0 Å². The zero-order chi connectivity index (χ0) is 35.7. The molecule has 0 bridgehead atoms. The van der Waals surface area contributed by atoms with Gasteiger partial charge < -0.3 is 24.3 Å². The van der Waals surface area contributed by atoms with Crippen molar-refractivity contribution in [1.29, 1.82) is 0 Å². The number of fused-ring (bicyclic) bond motifs is 1. The summed E-state index contributed by atoms with van der Waals surface area (Å²) < 4.78 is 42.1. The highest BCUT2D eigenvalue weighted by Crippen LogP contribution is 2.45. The van der Waals surface area contributed by atoms with E-state index in [1.54, 1.807) is 11.7 Å². The molecule has 266 valence electrons. The maximum absolute atomic E-state index is 14.1. The van der Waals surface area contributed by atoms with Gasteiger partial charge in [0.25, 0.3) is 17.4 Å². The quantitative estimate of drug-likeness (QED) is 0.158. The van der Waals surface area contributed by atoms with Crippen LogP contribution in [0.25, 0.3) is 22.0 Å². The molecule has 0 spiro atoms. The fourth-order valence-corrected chi connectivity index (χ4v) is 7.66. The van der Waals surface area contributed by atoms with E-state index in [2.05, 4.69) is 10.4 Å². The van der Waals surface area contributed by atoms with E-state index in [4.69, 9.17) is 9.47 Å². The Morgan fingerprint density at radius 2 is 1.90 bits per heavy atom. The first-order valence-electron chi connectivity index (χ1n) is 17.1. The van der Waals surface area contributed by atoms with Crippen LogP contribution in [0, 0.1) is 0 Å².